The van der Waals surface area contributed by atoms with Crippen molar-refractivity contribution in [3.63, 3.8) is 0 Å². The zero-order valence-electron chi connectivity index (χ0n) is 10.3. The second-order valence-electron chi connectivity index (χ2n) is 3.69. The average Bonchev–Trinajstić information content (AvgIpc) is 2.34. The van der Waals surface area contributed by atoms with Gasteiger partial charge >= 0.3 is 5.97 Å². The van der Waals surface area contributed by atoms with E-state index in [9.17, 15) is 9.59 Å². The highest BCUT2D eigenvalue weighted by atomic mass is 16.5. The minimum Gasteiger partial charge on any atom is -0.496 e. The molecule has 0 bridgehead atoms. The molecule has 0 saturated heterocycles. The molecule has 1 rings (SSSR count). The van der Waals surface area contributed by atoms with Crippen LogP contribution in [0.1, 0.15) is 29.3 Å². The minimum absolute atomic E-state index is 0.107. The van der Waals surface area contributed by atoms with Gasteiger partial charge in [-0.15, -0.1) is 0 Å². The van der Waals surface area contributed by atoms with Gasteiger partial charge in [0.25, 0.3) is 0 Å². The molecule has 0 fully saturated rings. The van der Waals surface area contributed by atoms with Crippen molar-refractivity contribution >= 4 is 11.8 Å². The van der Waals surface area contributed by atoms with Crippen molar-refractivity contribution in [3.05, 3.63) is 29.3 Å². The van der Waals surface area contributed by atoms with E-state index in [1.165, 1.54) is 21.1 Å². The van der Waals surface area contributed by atoms with E-state index < -0.39 is 5.97 Å². The Morgan fingerprint density at radius 3 is 2.47 bits per heavy atom. The van der Waals surface area contributed by atoms with Gasteiger partial charge in [0, 0.05) is 6.42 Å². The molecule has 1 aromatic carbocycles. The van der Waals surface area contributed by atoms with Crippen LogP contribution in [-0.2, 0) is 16.0 Å². The third-order valence-electron chi connectivity index (χ3n) is 2.45. The number of aryl methyl sites for hydroxylation is 1. The molecule has 0 atom stereocenters. The SMILES string of the molecule is COC(=O)c1cccc(CCC(C)=O)c1OC. The monoisotopic (exact) mass is 236 g/mol. The third-order valence-corrected chi connectivity index (χ3v) is 2.45. The second kappa shape index (κ2) is 6.03. The number of benzene rings is 1. The van der Waals surface area contributed by atoms with E-state index in [2.05, 4.69) is 4.74 Å². The van der Waals surface area contributed by atoms with Crippen molar-refractivity contribution < 1.29 is 19.1 Å². The maximum Gasteiger partial charge on any atom is 0.341 e. The molecule has 0 radical (unpaired) electrons. The second-order valence-corrected chi connectivity index (χ2v) is 3.69. The van der Waals surface area contributed by atoms with E-state index in [4.69, 9.17) is 4.74 Å². The van der Waals surface area contributed by atoms with Crippen LogP contribution in [0.15, 0.2) is 18.2 Å². The summed E-state index contributed by atoms with van der Waals surface area (Å²) < 4.78 is 9.89. The lowest BCUT2D eigenvalue weighted by molar-refractivity contribution is -0.116. The molecule has 1 aromatic rings. The van der Waals surface area contributed by atoms with Gasteiger partial charge in [-0.2, -0.15) is 0 Å². The molecule has 0 aliphatic heterocycles. The number of hydrogen-bond donors (Lipinski definition) is 0. The zero-order chi connectivity index (χ0) is 12.8. The molecule has 0 saturated carbocycles. The molecule has 4 nitrogen and oxygen atoms in total. The van der Waals surface area contributed by atoms with Crippen LogP contribution in [0.5, 0.6) is 5.75 Å². The Labute approximate surface area is 101 Å². The maximum atomic E-state index is 11.5. The number of hydrogen-bond acceptors (Lipinski definition) is 4. The minimum atomic E-state index is -0.438. The average molecular weight is 236 g/mol. The fourth-order valence-corrected chi connectivity index (χ4v) is 1.60. The van der Waals surface area contributed by atoms with Gasteiger partial charge in [0.1, 0.15) is 17.1 Å². The van der Waals surface area contributed by atoms with Crippen molar-refractivity contribution in [3.8, 4) is 5.75 Å². The lowest BCUT2D eigenvalue weighted by Gasteiger charge is -2.11. The van der Waals surface area contributed by atoms with E-state index in [1.54, 1.807) is 12.1 Å². The zero-order valence-corrected chi connectivity index (χ0v) is 10.3. The fraction of sp³-hybridized carbons (Fsp3) is 0.385. The van der Waals surface area contributed by atoms with E-state index in [-0.39, 0.29) is 5.78 Å². The van der Waals surface area contributed by atoms with Gasteiger partial charge in [-0.3, -0.25) is 0 Å². The first-order chi connectivity index (χ1) is 8.10. The molecule has 0 N–H and O–H groups in total. The maximum absolute atomic E-state index is 11.5. The van der Waals surface area contributed by atoms with Crippen molar-refractivity contribution in [2.45, 2.75) is 19.8 Å². The molecule has 0 heterocycles. The summed E-state index contributed by atoms with van der Waals surface area (Å²) in [7, 11) is 2.82. The summed E-state index contributed by atoms with van der Waals surface area (Å²) in [6.45, 7) is 1.54. The number of ketones is 1. The van der Waals surface area contributed by atoms with E-state index in [0.717, 1.165) is 5.56 Å². The van der Waals surface area contributed by atoms with E-state index in [1.807, 2.05) is 6.07 Å². The van der Waals surface area contributed by atoms with Gasteiger partial charge in [-0.25, -0.2) is 4.79 Å². The number of carbonyl (C=O) groups excluding carboxylic acids is 2. The van der Waals surface area contributed by atoms with Crippen LogP contribution in [0.4, 0.5) is 0 Å². The summed E-state index contributed by atoms with van der Waals surface area (Å²) in [4.78, 5) is 22.5. The van der Waals surface area contributed by atoms with Crippen molar-refractivity contribution in [1.29, 1.82) is 0 Å². The Morgan fingerprint density at radius 1 is 1.24 bits per heavy atom. The summed E-state index contributed by atoms with van der Waals surface area (Å²) in [6.07, 6.45) is 0.990. The summed E-state index contributed by atoms with van der Waals surface area (Å²) in [6, 6.07) is 5.24. The number of esters is 1. The Balaban J connectivity index is 3.05. The van der Waals surface area contributed by atoms with Gasteiger partial charge in [0.2, 0.25) is 0 Å². The van der Waals surface area contributed by atoms with Gasteiger partial charge in [0.15, 0.2) is 0 Å². The number of Topliss-reactive ketones (excluding diaryl/α,β-unsaturated/α-hetero) is 1. The molecule has 0 aliphatic carbocycles. The van der Waals surface area contributed by atoms with Crippen molar-refractivity contribution in [1.82, 2.24) is 0 Å². The molecule has 0 aliphatic rings. The summed E-state index contributed by atoms with van der Waals surface area (Å²) in [5.74, 6) is 0.155. The largest absolute Gasteiger partial charge is 0.496 e. The topological polar surface area (TPSA) is 52.6 Å². The molecule has 0 spiro atoms. The molecular formula is C13H16O4. The van der Waals surface area contributed by atoms with Gasteiger partial charge < -0.3 is 14.3 Å². The molecular weight excluding hydrogens is 220 g/mol. The first-order valence-electron chi connectivity index (χ1n) is 5.33. The molecule has 92 valence electrons. The first-order valence-corrected chi connectivity index (χ1v) is 5.33. The third kappa shape index (κ3) is 3.31. The van der Waals surface area contributed by atoms with Gasteiger partial charge in [-0.05, 0) is 25.0 Å². The molecule has 0 amide bonds. The van der Waals surface area contributed by atoms with Crippen molar-refractivity contribution in [2.24, 2.45) is 0 Å². The van der Waals surface area contributed by atoms with Gasteiger partial charge in [0.05, 0.1) is 14.2 Å². The lowest BCUT2D eigenvalue weighted by atomic mass is 10.0. The highest BCUT2D eigenvalue weighted by Crippen LogP contribution is 2.25. The predicted molar refractivity (Wildman–Crippen MR) is 63.3 cm³/mol. The molecule has 4 heteroatoms. The normalized spacial score (nSPS) is 9.82. The molecule has 0 unspecified atom stereocenters. The Hall–Kier alpha value is -1.84. The van der Waals surface area contributed by atoms with E-state index >= 15 is 0 Å². The van der Waals surface area contributed by atoms with Crippen LogP contribution in [0.25, 0.3) is 0 Å². The number of ether oxygens (including phenoxy) is 2. The smallest absolute Gasteiger partial charge is 0.341 e. The summed E-state index contributed by atoms with van der Waals surface area (Å²) in [5, 5.41) is 0. The van der Waals surface area contributed by atoms with Crippen LogP contribution in [0, 0.1) is 0 Å². The van der Waals surface area contributed by atoms with Crippen LogP contribution < -0.4 is 4.74 Å². The Morgan fingerprint density at radius 2 is 1.94 bits per heavy atom. The van der Waals surface area contributed by atoms with E-state index in [0.29, 0.717) is 24.2 Å². The highest BCUT2D eigenvalue weighted by Gasteiger charge is 2.15. The Bertz CT molecular complexity index is 423. The standard InChI is InChI=1S/C13H16O4/c1-9(14)7-8-10-5-4-6-11(12(10)16-2)13(15)17-3/h4-6H,7-8H2,1-3H3. The quantitative estimate of drug-likeness (QED) is 0.734. The van der Waals surface area contributed by atoms with Crippen LogP contribution in [0.2, 0.25) is 0 Å². The first kappa shape index (κ1) is 13.2. The van der Waals surface area contributed by atoms with Crippen molar-refractivity contribution in [2.75, 3.05) is 14.2 Å². The summed E-state index contributed by atoms with van der Waals surface area (Å²) in [5.41, 5.74) is 1.22. The number of rotatable bonds is 5. The van der Waals surface area contributed by atoms with Crippen LogP contribution in [-0.4, -0.2) is 26.0 Å². The number of carbonyl (C=O) groups is 2. The van der Waals surface area contributed by atoms with Gasteiger partial charge in [-0.1, -0.05) is 12.1 Å². The lowest BCUT2D eigenvalue weighted by Crippen LogP contribution is -2.06. The highest BCUT2D eigenvalue weighted by molar-refractivity contribution is 5.93. The predicted octanol–water partition coefficient (Wildman–Crippen LogP) is 2.00. The number of para-hydroxylation sites is 1. The molecule has 0 aromatic heterocycles. The fourth-order valence-electron chi connectivity index (χ4n) is 1.60. The summed E-state index contributed by atoms with van der Waals surface area (Å²) >= 11 is 0. The Kier molecular flexibility index (Phi) is 4.69. The molecule has 17 heavy (non-hydrogen) atoms. The number of methoxy groups -OCH3 is 2. The van der Waals surface area contributed by atoms with Crippen LogP contribution >= 0.6 is 0 Å². The van der Waals surface area contributed by atoms with Crippen LogP contribution in [0.3, 0.4) is 0 Å².